The van der Waals surface area contributed by atoms with E-state index in [0.717, 1.165) is 45.2 Å². The molecule has 2 aromatic heterocycles. The van der Waals surface area contributed by atoms with Crippen LogP contribution in [0, 0.1) is 6.92 Å². The first-order valence-electron chi connectivity index (χ1n) is 6.67. The maximum absolute atomic E-state index is 5.43. The molecule has 0 amide bonds. The van der Waals surface area contributed by atoms with Crippen molar-refractivity contribution >= 4 is 27.3 Å². The molecule has 3 rings (SSSR count). The minimum absolute atomic E-state index is 0.641. The van der Waals surface area contributed by atoms with Crippen LogP contribution in [0.4, 0.5) is 0 Å². The number of hydrogen-bond acceptors (Lipinski definition) is 6. The van der Waals surface area contributed by atoms with Crippen molar-refractivity contribution in [2.24, 2.45) is 0 Å². The maximum Gasteiger partial charge on any atom is 0.230 e. The van der Waals surface area contributed by atoms with Crippen molar-refractivity contribution in [2.75, 3.05) is 26.2 Å². The molecule has 0 atom stereocenters. The highest BCUT2D eigenvalue weighted by Gasteiger charge is 2.19. The lowest BCUT2D eigenvalue weighted by molar-refractivity contribution is 0.115. The van der Waals surface area contributed by atoms with Crippen LogP contribution in [0.5, 0.6) is 0 Å². The molecule has 0 N–H and O–H groups in total. The highest BCUT2D eigenvalue weighted by Crippen LogP contribution is 2.23. The second kappa shape index (κ2) is 6.34. The average molecular weight is 357 g/mol. The standard InChI is InChI=1S/C13H17BrN4OS/c1-10-15-16-13(19-10)9-18-6-4-17(5-7-18)8-11-2-3-12(14)20-11/h2-3H,4-9H2,1H3. The quantitative estimate of drug-likeness (QED) is 0.842. The summed E-state index contributed by atoms with van der Waals surface area (Å²) in [6, 6.07) is 4.32. The molecule has 20 heavy (non-hydrogen) atoms. The Labute approximate surface area is 130 Å². The van der Waals surface area contributed by atoms with Crippen molar-refractivity contribution < 1.29 is 4.42 Å². The van der Waals surface area contributed by atoms with Gasteiger partial charge in [0.2, 0.25) is 11.8 Å². The van der Waals surface area contributed by atoms with Crippen LogP contribution in [0.15, 0.2) is 20.3 Å². The van der Waals surface area contributed by atoms with Crippen LogP contribution in [0.2, 0.25) is 0 Å². The Hall–Kier alpha value is -0.760. The topological polar surface area (TPSA) is 45.4 Å². The van der Waals surface area contributed by atoms with E-state index in [1.165, 1.54) is 8.66 Å². The van der Waals surface area contributed by atoms with Crippen LogP contribution < -0.4 is 0 Å². The highest BCUT2D eigenvalue weighted by molar-refractivity contribution is 9.11. The lowest BCUT2D eigenvalue weighted by Crippen LogP contribution is -2.45. The molecule has 3 heterocycles. The lowest BCUT2D eigenvalue weighted by atomic mass is 10.3. The van der Waals surface area contributed by atoms with E-state index in [0.29, 0.717) is 5.89 Å². The van der Waals surface area contributed by atoms with Crippen LogP contribution in [0.3, 0.4) is 0 Å². The van der Waals surface area contributed by atoms with Gasteiger partial charge in [0.25, 0.3) is 0 Å². The molecule has 0 aromatic carbocycles. The molecule has 0 saturated carbocycles. The summed E-state index contributed by atoms with van der Waals surface area (Å²) in [5.74, 6) is 1.36. The number of aromatic nitrogens is 2. The molecule has 1 aliphatic heterocycles. The van der Waals surface area contributed by atoms with Crippen molar-refractivity contribution in [1.29, 1.82) is 0 Å². The minimum Gasteiger partial charge on any atom is -0.424 e. The van der Waals surface area contributed by atoms with Crippen LogP contribution in [0.25, 0.3) is 0 Å². The second-order valence-corrected chi connectivity index (χ2v) is 7.52. The van der Waals surface area contributed by atoms with Gasteiger partial charge in [0.1, 0.15) is 0 Å². The molecule has 0 aliphatic carbocycles. The normalized spacial score (nSPS) is 17.7. The Kier molecular flexibility index (Phi) is 4.50. The molecule has 1 fully saturated rings. The molecule has 108 valence electrons. The Morgan fingerprint density at radius 2 is 1.85 bits per heavy atom. The molecule has 2 aromatic rings. The summed E-state index contributed by atoms with van der Waals surface area (Å²) in [6.07, 6.45) is 0. The van der Waals surface area contributed by atoms with E-state index < -0.39 is 0 Å². The van der Waals surface area contributed by atoms with Gasteiger partial charge in [-0.2, -0.15) is 0 Å². The fourth-order valence-corrected chi connectivity index (χ4v) is 3.88. The molecule has 0 spiro atoms. The predicted molar refractivity (Wildman–Crippen MR) is 81.6 cm³/mol. The number of piperazine rings is 1. The largest absolute Gasteiger partial charge is 0.424 e. The third kappa shape index (κ3) is 3.66. The lowest BCUT2D eigenvalue weighted by Gasteiger charge is -2.33. The van der Waals surface area contributed by atoms with Gasteiger partial charge in [-0.3, -0.25) is 9.80 Å². The number of nitrogens with zero attached hydrogens (tertiary/aromatic N) is 4. The zero-order valence-corrected chi connectivity index (χ0v) is 13.8. The predicted octanol–water partition coefficient (Wildman–Crippen LogP) is 2.52. The van der Waals surface area contributed by atoms with Gasteiger partial charge in [-0.25, -0.2) is 0 Å². The van der Waals surface area contributed by atoms with Crippen LogP contribution in [0.1, 0.15) is 16.7 Å². The van der Waals surface area contributed by atoms with Crippen LogP contribution in [-0.2, 0) is 13.1 Å². The Bertz CT molecular complexity index is 512. The van der Waals surface area contributed by atoms with Crippen molar-refractivity contribution in [1.82, 2.24) is 20.0 Å². The Balaban J connectivity index is 1.47. The minimum atomic E-state index is 0.641. The fraction of sp³-hybridized carbons (Fsp3) is 0.538. The number of thiophene rings is 1. The summed E-state index contributed by atoms with van der Waals surface area (Å²) in [5, 5.41) is 7.92. The number of aryl methyl sites for hydroxylation is 1. The Morgan fingerprint density at radius 1 is 1.15 bits per heavy atom. The zero-order chi connectivity index (χ0) is 13.9. The van der Waals surface area contributed by atoms with E-state index in [1.807, 2.05) is 18.3 Å². The summed E-state index contributed by atoms with van der Waals surface area (Å²) >= 11 is 5.33. The maximum atomic E-state index is 5.43. The van der Waals surface area contributed by atoms with E-state index in [1.54, 1.807) is 0 Å². The van der Waals surface area contributed by atoms with Gasteiger partial charge < -0.3 is 4.42 Å². The van der Waals surface area contributed by atoms with Gasteiger partial charge in [0.15, 0.2) is 0 Å². The average Bonchev–Trinajstić information content (AvgIpc) is 3.01. The first kappa shape index (κ1) is 14.2. The smallest absolute Gasteiger partial charge is 0.230 e. The Morgan fingerprint density at radius 3 is 2.40 bits per heavy atom. The van der Waals surface area contributed by atoms with Gasteiger partial charge in [0, 0.05) is 44.5 Å². The van der Waals surface area contributed by atoms with Crippen molar-refractivity contribution in [3.63, 3.8) is 0 Å². The summed E-state index contributed by atoms with van der Waals surface area (Å²) in [5.41, 5.74) is 0. The molecule has 0 bridgehead atoms. The van der Waals surface area contributed by atoms with Crippen LogP contribution in [-0.4, -0.2) is 46.2 Å². The van der Waals surface area contributed by atoms with Gasteiger partial charge in [-0.1, -0.05) is 0 Å². The number of halogens is 1. The van der Waals surface area contributed by atoms with E-state index >= 15 is 0 Å². The number of hydrogen-bond donors (Lipinski definition) is 0. The third-order valence-corrected chi connectivity index (χ3v) is 5.01. The molecular weight excluding hydrogens is 340 g/mol. The molecule has 1 saturated heterocycles. The number of rotatable bonds is 4. The van der Waals surface area contributed by atoms with Gasteiger partial charge in [-0.05, 0) is 28.1 Å². The van der Waals surface area contributed by atoms with E-state index in [9.17, 15) is 0 Å². The third-order valence-electron chi connectivity index (χ3n) is 3.40. The first-order valence-corrected chi connectivity index (χ1v) is 8.28. The molecule has 5 nitrogen and oxygen atoms in total. The van der Waals surface area contributed by atoms with Gasteiger partial charge in [-0.15, -0.1) is 21.5 Å². The van der Waals surface area contributed by atoms with Gasteiger partial charge >= 0.3 is 0 Å². The molecule has 1 aliphatic rings. The summed E-state index contributed by atoms with van der Waals surface area (Å²) < 4.78 is 6.64. The molecular formula is C13H17BrN4OS. The zero-order valence-electron chi connectivity index (χ0n) is 11.4. The molecule has 0 radical (unpaired) electrons. The monoisotopic (exact) mass is 356 g/mol. The summed E-state index contributed by atoms with van der Waals surface area (Å²) in [7, 11) is 0. The SMILES string of the molecule is Cc1nnc(CN2CCN(Cc3ccc(Br)s3)CC2)o1. The van der Waals surface area contributed by atoms with E-state index in [4.69, 9.17) is 4.42 Å². The van der Waals surface area contributed by atoms with Crippen LogP contribution >= 0.6 is 27.3 Å². The van der Waals surface area contributed by atoms with Crippen molar-refractivity contribution in [2.45, 2.75) is 20.0 Å². The molecule has 7 heteroatoms. The first-order chi connectivity index (χ1) is 9.69. The molecule has 0 unspecified atom stereocenters. The fourth-order valence-electron chi connectivity index (χ4n) is 2.36. The summed E-state index contributed by atoms with van der Waals surface area (Å²) in [6.45, 7) is 7.91. The van der Waals surface area contributed by atoms with E-state index in [2.05, 4.69) is 48.1 Å². The van der Waals surface area contributed by atoms with Crippen molar-refractivity contribution in [3.8, 4) is 0 Å². The summed E-state index contributed by atoms with van der Waals surface area (Å²) in [4.78, 5) is 6.28. The highest BCUT2D eigenvalue weighted by atomic mass is 79.9. The van der Waals surface area contributed by atoms with Gasteiger partial charge in [0.05, 0.1) is 10.3 Å². The second-order valence-electron chi connectivity index (χ2n) is 4.97. The van der Waals surface area contributed by atoms with Crippen molar-refractivity contribution in [3.05, 3.63) is 32.6 Å². The van der Waals surface area contributed by atoms with E-state index in [-0.39, 0.29) is 0 Å².